The van der Waals surface area contributed by atoms with Gasteiger partial charge in [-0.05, 0) is 36.5 Å². The van der Waals surface area contributed by atoms with E-state index < -0.39 is 0 Å². The van der Waals surface area contributed by atoms with Crippen LogP contribution in [0.15, 0.2) is 24.3 Å². The molecule has 0 N–H and O–H groups in total. The average Bonchev–Trinajstić information content (AvgIpc) is 2.41. The number of ether oxygens (including phenoxy) is 2. The summed E-state index contributed by atoms with van der Waals surface area (Å²) in [6, 6.07) is 8.40. The molecule has 1 fully saturated rings. The second-order valence-corrected chi connectivity index (χ2v) is 6.23. The van der Waals surface area contributed by atoms with E-state index in [-0.39, 0.29) is 6.29 Å². The summed E-state index contributed by atoms with van der Waals surface area (Å²) >= 11 is 3.55. The third kappa shape index (κ3) is 3.72. The molecule has 0 radical (unpaired) electrons. The Morgan fingerprint density at radius 2 is 2.06 bits per heavy atom. The van der Waals surface area contributed by atoms with E-state index in [9.17, 15) is 0 Å². The molecule has 1 aliphatic heterocycles. The molecule has 0 amide bonds. The summed E-state index contributed by atoms with van der Waals surface area (Å²) in [6.07, 6.45) is 3.13. The van der Waals surface area contributed by atoms with E-state index in [0.29, 0.717) is 10.7 Å². The maximum Gasteiger partial charge on any atom is 0.199 e. The summed E-state index contributed by atoms with van der Waals surface area (Å²) in [5.74, 6) is 1.51. The fourth-order valence-electron chi connectivity index (χ4n) is 2.05. The lowest BCUT2D eigenvalue weighted by Gasteiger charge is -2.26. The van der Waals surface area contributed by atoms with Crippen LogP contribution in [0.1, 0.15) is 44.6 Å². The van der Waals surface area contributed by atoms with Gasteiger partial charge in [-0.15, -0.1) is 0 Å². The van der Waals surface area contributed by atoms with Crippen molar-refractivity contribution in [3.05, 3.63) is 29.8 Å². The molecule has 1 heterocycles. The second-order valence-electron chi connectivity index (χ2n) is 4.93. The van der Waals surface area contributed by atoms with E-state index in [0.717, 1.165) is 25.2 Å². The number of rotatable bonds is 4. The fourth-order valence-corrected chi connectivity index (χ4v) is 2.47. The van der Waals surface area contributed by atoms with Crippen molar-refractivity contribution in [2.24, 2.45) is 0 Å². The van der Waals surface area contributed by atoms with Crippen LogP contribution in [0.25, 0.3) is 0 Å². The molecule has 3 atom stereocenters. The van der Waals surface area contributed by atoms with E-state index in [1.807, 2.05) is 12.1 Å². The summed E-state index contributed by atoms with van der Waals surface area (Å²) in [5.41, 5.74) is 1.37. The number of alkyl halides is 1. The quantitative estimate of drug-likeness (QED) is 0.763. The van der Waals surface area contributed by atoms with Crippen molar-refractivity contribution >= 4 is 15.9 Å². The smallest absolute Gasteiger partial charge is 0.199 e. The number of hydrogen-bond donors (Lipinski definition) is 0. The van der Waals surface area contributed by atoms with Crippen molar-refractivity contribution < 1.29 is 9.47 Å². The zero-order chi connectivity index (χ0) is 13.0. The van der Waals surface area contributed by atoms with Gasteiger partial charge in [-0.2, -0.15) is 0 Å². The molecule has 0 spiro atoms. The van der Waals surface area contributed by atoms with E-state index in [2.05, 4.69) is 41.9 Å². The monoisotopic (exact) mass is 312 g/mol. The van der Waals surface area contributed by atoms with Gasteiger partial charge in [0.15, 0.2) is 6.29 Å². The van der Waals surface area contributed by atoms with E-state index in [4.69, 9.17) is 9.47 Å². The molecule has 1 aliphatic rings. The minimum Gasteiger partial charge on any atom is -0.465 e. The van der Waals surface area contributed by atoms with Crippen LogP contribution in [-0.4, -0.2) is 17.7 Å². The van der Waals surface area contributed by atoms with Gasteiger partial charge in [0, 0.05) is 11.2 Å². The highest BCUT2D eigenvalue weighted by Gasteiger charge is 2.20. The average molecular weight is 313 g/mol. The third-order valence-corrected chi connectivity index (χ3v) is 4.23. The Kier molecular flexibility index (Phi) is 5.07. The lowest BCUT2D eigenvalue weighted by atomic mass is 9.99. The summed E-state index contributed by atoms with van der Waals surface area (Å²) in [4.78, 5) is 0.477. The highest BCUT2D eigenvalue weighted by atomic mass is 79.9. The van der Waals surface area contributed by atoms with Crippen molar-refractivity contribution in [2.45, 2.75) is 50.1 Å². The van der Waals surface area contributed by atoms with Crippen LogP contribution >= 0.6 is 15.9 Å². The summed E-state index contributed by atoms with van der Waals surface area (Å²) < 4.78 is 11.5. The van der Waals surface area contributed by atoms with Crippen molar-refractivity contribution in [3.63, 3.8) is 0 Å². The second kappa shape index (κ2) is 6.58. The molecular formula is C15H21BrO2. The van der Waals surface area contributed by atoms with Crippen molar-refractivity contribution in [2.75, 3.05) is 6.61 Å². The summed E-state index contributed by atoms with van der Waals surface area (Å²) in [5, 5.41) is 0. The maximum absolute atomic E-state index is 5.83. The molecule has 3 unspecified atom stereocenters. The highest BCUT2D eigenvalue weighted by Crippen LogP contribution is 2.25. The molecular weight excluding hydrogens is 292 g/mol. The molecule has 2 rings (SSSR count). The predicted molar refractivity (Wildman–Crippen MR) is 77.5 cm³/mol. The molecule has 100 valence electrons. The van der Waals surface area contributed by atoms with Gasteiger partial charge in [-0.25, -0.2) is 0 Å². The third-order valence-electron chi connectivity index (χ3n) is 3.51. The van der Waals surface area contributed by atoms with Gasteiger partial charge in [-0.1, -0.05) is 41.9 Å². The first kappa shape index (κ1) is 13.9. The molecule has 2 nitrogen and oxygen atoms in total. The van der Waals surface area contributed by atoms with Crippen LogP contribution in [-0.2, 0) is 4.74 Å². The Morgan fingerprint density at radius 1 is 1.33 bits per heavy atom. The number of halogens is 1. The first-order chi connectivity index (χ1) is 8.69. The molecule has 1 saturated heterocycles. The van der Waals surface area contributed by atoms with Gasteiger partial charge in [0.1, 0.15) is 5.75 Å². The van der Waals surface area contributed by atoms with Gasteiger partial charge in [0.2, 0.25) is 0 Å². The Morgan fingerprint density at radius 3 is 2.61 bits per heavy atom. The van der Waals surface area contributed by atoms with Crippen LogP contribution in [0.4, 0.5) is 0 Å². The summed E-state index contributed by atoms with van der Waals surface area (Å²) in [6.45, 7) is 5.19. The molecule has 1 aromatic carbocycles. The zero-order valence-corrected chi connectivity index (χ0v) is 12.7. The van der Waals surface area contributed by atoms with E-state index in [1.54, 1.807) is 0 Å². The Bertz CT molecular complexity index is 355. The Balaban J connectivity index is 1.90. The largest absolute Gasteiger partial charge is 0.465 e. The normalized spacial score (nSPS) is 25.7. The number of benzene rings is 1. The molecule has 18 heavy (non-hydrogen) atoms. The van der Waals surface area contributed by atoms with Crippen molar-refractivity contribution in [3.8, 4) is 5.75 Å². The molecule has 1 aromatic rings. The van der Waals surface area contributed by atoms with Crippen molar-refractivity contribution in [1.82, 2.24) is 0 Å². The van der Waals surface area contributed by atoms with Gasteiger partial charge < -0.3 is 9.47 Å². The SMILES string of the molecule is CCC(C)c1ccc(OC2CCC(Br)CO2)cc1. The zero-order valence-electron chi connectivity index (χ0n) is 11.1. The molecule has 0 bridgehead atoms. The molecule has 3 heteroatoms. The highest BCUT2D eigenvalue weighted by molar-refractivity contribution is 9.09. The minimum absolute atomic E-state index is 0.0896. The van der Waals surface area contributed by atoms with Crippen LogP contribution < -0.4 is 4.74 Å². The lowest BCUT2D eigenvalue weighted by molar-refractivity contribution is -0.103. The standard InChI is InChI=1S/C15H21BrO2/c1-3-11(2)12-4-7-14(8-5-12)18-15-9-6-13(16)10-17-15/h4-5,7-8,11,13,15H,3,6,9-10H2,1-2H3. The van der Waals surface area contributed by atoms with Crippen LogP contribution in [0.3, 0.4) is 0 Å². The molecule has 0 aliphatic carbocycles. The Labute approximate surface area is 118 Å². The topological polar surface area (TPSA) is 18.5 Å². The minimum atomic E-state index is -0.0896. The number of hydrogen-bond acceptors (Lipinski definition) is 2. The van der Waals surface area contributed by atoms with Crippen LogP contribution in [0.2, 0.25) is 0 Å². The summed E-state index contributed by atoms with van der Waals surface area (Å²) in [7, 11) is 0. The Hall–Kier alpha value is -0.540. The first-order valence-corrected chi connectivity index (χ1v) is 7.63. The lowest BCUT2D eigenvalue weighted by Crippen LogP contribution is -2.30. The van der Waals surface area contributed by atoms with Crippen LogP contribution in [0.5, 0.6) is 5.75 Å². The van der Waals surface area contributed by atoms with Gasteiger partial charge in [0.25, 0.3) is 0 Å². The molecule has 0 saturated carbocycles. The van der Waals surface area contributed by atoms with Crippen LogP contribution in [0, 0.1) is 0 Å². The van der Waals surface area contributed by atoms with E-state index in [1.165, 1.54) is 12.0 Å². The van der Waals surface area contributed by atoms with Crippen molar-refractivity contribution in [1.29, 1.82) is 0 Å². The van der Waals surface area contributed by atoms with Gasteiger partial charge in [0.05, 0.1) is 6.61 Å². The van der Waals surface area contributed by atoms with Gasteiger partial charge >= 0.3 is 0 Å². The van der Waals surface area contributed by atoms with Gasteiger partial charge in [-0.3, -0.25) is 0 Å². The van der Waals surface area contributed by atoms with E-state index >= 15 is 0 Å². The predicted octanol–water partition coefficient (Wildman–Crippen LogP) is 4.48. The first-order valence-electron chi connectivity index (χ1n) is 6.71. The fraction of sp³-hybridized carbons (Fsp3) is 0.600. The maximum atomic E-state index is 5.83. The molecule has 0 aromatic heterocycles.